The third-order valence-corrected chi connectivity index (χ3v) is 5.80. The van der Waals surface area contributed by atoms with Crippen molar-refractivity contribution >= 4 is 21.7 Å². The van der Waals surface area contributed by atoms with Crippen molar-refractivity contribution in [1.29, 1.82) is 0 Å². The molecule has 0 N–H and O–H groups in total. The van der Waals surface area contributed by atoms with E-state index in [0.717, 1.165) is 10.8 Å². The minimum absolute atomic E-state index is 0.385. The highest BCUT2D eigenvalue weighted by atomic mass is 16.5. The molecule has 0 aliphatic carbocycles. The summed E-state index contributed by atoms with van der Waals surface area (Å²) in [5.74, 6) is 1.30. The normalized spacial score (nSPS) is 11.2. The van der Waals surface area contributed by atoms with E-state index in [0.29, 0.717) is 29.1 Å². The van der Waals surface area contributed by atoms with Gasteiger partial charge in [0.2, 0.25) is 0 Å². The molecular weight excluding hydrogens is 364 g/mol. The molecule has 0 spiro atoms. The first-order valence-corrected chi connectivity index (χ1v) is 9.62. The molecule has 148 valence electrons. The van der Waals surface area contributed by atoms with Crippen molar-refractivity contribution in [2.75, 3.05) is 7.11 Å². The lowest BCUT2D eigenvalue weighted by Crippen LogP contribution is -2.04. The Labute approximate surface area is 169 Å². The molecule has 0 unspecified atom stereocenters. The molecule has 0 saturated heterocycles. The average molecular weight is 388 g/mol. The summed E-state index contributed by atoms with van der Waals surface area (Å²) in [6.45, 7) is 8.97. The molecule has 0 amide bonds. The second-order valence-electron chi connectivity index (χ2n) is 7.49. The number of hydrogen-bond donors (Lipinski definition) is 0. The molecule has 0 fully saturated rings. The van der Waals surface area contributed by atoms with Crippen molar-refractivity contribution < 1.29 is 13.9 Å². The second kappa shape index (κ2) is 7.28. The first-order valence-electron chi connectivity index (χ1n) is 9.62. The second-order valence-corrected chi connectivity index (χ2v) is 7.49. The van der Waals surface area contributed by atoms with Gasteiger partial charge in [0, 0.05) is 16.8 Å². The third kappa shape index (κ3) is 3.35. The number of ether oxygens (including phenoxy) is 2. The Hall–Kier alpha value is -3.27. The fourth-order valence-electron chi connectivity index (χ4n) is 3.78. The summed E-state index contributed by atoms with van der Waals surface area (Å²) in [6.07, 6.45) is 0. The molecule has 1 heterocycles. The van der Waals surface area contributed by atoms with Crippen LogP contribution >= 0.6 is 0 Å². The molecule has 4 heteroatoms. The van der Waals surface area contributed by atoms with E-state index in [1.165, 1.54) is 27.8 Å². The van der Waals surface area contributed by atoms with Gasteiger partial charge in [-0.3, -0.25) is 0 Å². The van der Waals surface area contributed by atoms with Gasteiger partial charge in [0.15, 0.2) is 0 Å². The fourth-order valence-corrected chi connectivity index (χ4v) is 3.78. The Balaban J connectivity index is 1.72. The smallest absolute Gasteiger partial charge is 0.344 e. The first kappa shape index (κ1) is 19.1. The van der Waals surface area contributed by atoms with Crippen LogP contribution in [0.4, 0.5) is 0 Å². The highest BCUT2D eigenvalue weighted by molar-refractivity contribution is 6.04. The molecule has 4 rings (SSSR count). The summed E-state index contributed by atoms with van der Waals surface area (Å²) in [5.41, 5.74) is 6.36. The maximum Gasteiger partial charge on any atom is 0.344 e. The third-order valence-electron chi connectivity index (χ3n) is 5.80. The van der Waals surface area contributed by atoms with Crippen LogP contribution in [0.15, 0.2) is 51.7 Å². The summed E-state index contributed by atoms with van der Waals surface area (Å²) >= 11 is 0. The zero-order chi connectivity index (χ0) is 20.7. The topological polar surface area (TPSA) is 48.7 Å². The van der Waals surface area contributed by atoms with Gasteiger partial charge in [-0.05, 0) is 85.8 Å². The van der Waals surface area contributed by atoms with Crippen molar-refractivity contribution in [3.05, 3.63) is 80.7 Å². The van der Waals surface area contributed by atoms with E-state index in [1.807, 2.05) is 24.3 Å². The Bertz CT molecular complexity index is 1270. The van der Waals surface area contributed by atoms with Gasteiger partial charge < -0.3 is 13.9 Å². The number of fused-ring (bicyclic) bond motifs is 3. The van der Waals surface area contributed by atoms with E-state index in [4.69, 9.17) is 13.9 Å². The highest BCUT2D eigenvalue weighted by Gasteiger charge is 2.12. The van der Waals surface area contributed by atoms with Crippen molar-refractivity contribution in [1.82, 2.24) is 0 Å². The van der Waals surface area contributed by atoms with Crippen LogP contribution < -0.4 is 15.1 Å². The highest BCUT2D eigenvalue weighted by Crippen LogP contribution is 2.29. The predicted octanol–water partition coefficient (Wildman–Crippen LogP) is 5.77. The van der Waals surface area contributed by atoms with Crippen molar-refractivity contribution in [2.24, 2.45) is 0 Å². The summed E-state index contributed by atoms with van der Waals surface area (Å²) in [5, 5.41) is 2.21. The molecule has 4 aromatic rings. The number of methoxy groups -OCH3 is 1. The molecule has 3 aromatic carbocycles. The predicted molar refractivity (Wildman–Crippen MR) is 116 cm³/mol. The van der Waals surface area contributed by atoms with Gasteiger partial charge in [0.25, 0.3) is 0 Å². The van der Waals surface area contributed by atoms with Gasteiger partial charge in [-0.15, -0.1) is 0 Å². The molecule has 0 bridgehead atoms. The molecule has 0 aliphatic rings. The van der Waals surface area contributed by atoms with Crippen molar-refractivity contribution in [3.63, 3.8) is 0 Å². The Morgan fingerprint density at radius 1 is 0.793 bits per heavy atom. The summed E-state index contributed by atoms with van der Waals surface area (Å²) in [6, 6.07) is 13.3. The quantitative estimate of drug-likeness (QED) is 0.329. The number of rotatable bonds is 4. The summed E-state index contributed by atoms with van der Waals surface area (Å²) in [7, 11) is 1.58. The maximum absolute atomic E-state index is 12.5. The lowest BCUT2D eigenvalue weighted by atomic mass is 9.95. The Kier molecular flexibility index (Phi) is 4.79. The largest absolute Gasteiger partial charge is 0.497 e. The summed E-state index contributed by atoms with van der Waals surface area (Å²) < 4.78 is 16.9. The van der Waals surface area contributed by atoms with Crippen molar-refractivity contribution in [3.8, 4) is 11.5 Å². The molecule has 0 radical (unpaired) electrons. The molecule has 0 aliphatic heterocycles. The van der Waals surface area contributed by atoms with E-state index in [9.17, 15) is 4.79 Å². The average Bonchev–Trinajstić information content (AvgIpc) is 2.72. The minimum Gasteiger partial charge on any atom is -0.497 e. The Morgan fingerprint density at radius 2 is 1.45 bits per heavy atom. The lowest BCUT2D eigenvalue weighted by molar-refractivity contribution is 0.304. The van der Waals surface area contributed by atoms with Crippen LogP contribution in [0.5, 0.6) is 11.5 Å². The molecule has 0 saturated carbocycles. The van der Waals surface area contributed by atoms with E-state index in [-0.39, 0.29) is 5.63 Å². The SMILES string of the molecule is COc1ccc2c(c1)c(=O)oc1cc(OCc3c(C)c(C)cc(C)c3C)ccc12. The van der Waals surface area contributed by atoms with Gasteiger partial charge >= 0.3 is 5.63 Å². The van der Waals surface area contributed by atoms with E-state index < -0.39 is 0 Å². The zero-order valence-electron chi connectivity index (χ0n) is 17.4. The van der Waals surface area contributed by atoms with Gasteiger partial charge in [-0.25, -0.2) is 4.79 Å². The monoisotopic (exact) mass is 388 g/mol. The van der Waals surface area contributed by atoms with Crippen LogP contribution in [-0.4, -0.2) is 7.11 Å². The van der Waals surface area contributed by atoms with Crippen LogP contribution in [-0.2, 0) is 6.61 Å². The van der Waals surface area contributed by atoms with Crippen LogP contribution in [0.3, 0.4) is 0 Å². The van der Waals surface area contributed by atoms with Crippen LogP contribution in [0.2, 0.25) is 0 Å². The van der Waals surface area contributed by atoms with E-state index in [2.05, 4.69) is 33.8 Å². The van der Waals surface area contributed by atoms with Gasteiger partial charge in [-0.1, -0.05) is 6.07 Å². The van der Waals surface area contributed by atoms with E-state index in [1.54, 1.807) is 19.2 Å². The van der Waals surface area contributed by atoms with Crippen LogP contribution in [0, 0.1) is 27.7 Å². The molecule has 1 aromatic heterocycles. The van der Waals surface area contributed by atoms with E-state index >= 15 is 0 Å². The van der Waals surface area contributed by atoms with Gasteiger partial charge in [0.1, 0.15) is 23.7 Å². The number of hydrogen-bond acceptors (Lipinski definition) is 4. The zero-order valence-corrected chi connectivity index (χ0v) is 17.4. The van der Waals surface area contributed by atoms with Gasteiger partial charge in [0.05, 0.1) is 12.5 Å². The molecule has 4 nitrogen and oxygen atoms in total. The first-order chi connectivity index (χ1) is 13.9. The number of benzene rings is 3. The maximum atomic E-state index is 12.5. The van der Waals surface area contributed by atoms with Crippen LogP contribution in [0.25, 0.3) is 21.7 Å². The molecule has 0 atom stereocenters. The summed E-state index contributed by atoms with van der Waals surface area (Å²) in [4.78, 5) is 12.5. The Morgan fingerprint density at radius 3 is 2.14 bits per heavy atom. The standard InChI is InChI=1S/C25H24O4/c1-14-10-15(2)17(4)23(16(14)3)13-28-19-7-9-21-20-8-6-18(27-5)11-22(20)25(26)29-24(21)12-19/h6-12H,13H2,1-5H3. The van der Waals surface area contributed by atoms with Gasteiger partial charge in [-0.2, -0.15) is 0 Å². The van der Waals surface area contributed by atoms with Crippen LogP contribution in [0.1, 0.15) is 27.8 Å². The van der Waals surface area contributed by atoms with Crippen molar-refractivity contribution in [2.45, 2.75) is 34.3 Å². The number of aryl methyl sites for hydroxylation is 2. The molecule has 29 heavy (non-hydrogen) atoms. The molecular formula is C25H24O4. The lowest BCUT2D eigenvalue weighted by Gasteiger charge is -2.16. The fraction of sp³-hybridized carbons (Fsp3) is 0.240. The minimum atomic E-state index is -0.385.